The fourth-order valence-electron chi connectivity index (χ4n) is 4.46. The van der Waals surface area contributed by atoms with E-state index in [1.165, 1.54) is 36.0 Å². The topological polar surface area (TPSA) is 122 Å². The highest BCUT2D eigenvalue weighted by atomic mass is 32.2. The molecule has 2 N–H and O–H groups in total. The monoisotopic (exact) mass is 504 g/mol. The Bertz CT molecular complexity index is 1320. The molecule has 9 heteroatoms. The molecule has 0 unspecified atom stereocenters. The molecule has 2 heterocycles. The van der Waals surface area contributed by atoms with Crippen LogP contribution in [0.5, 0.6) is 0 Å². The van der Waals surface area contributed by atoms with E-state index in [0.717, 1.165) is 43.4 Å². The summed E-state index contributed by atoms with van der Waals surface area (Å²) in [6.07, 6.45) is 5.01. The van der Waals surface area contributed by atoms with Crippen molar-refractivity contribution in [2.45, 2.75) is 50.0 Å². The third-order valence-electron chi connectivity index (χ3n) is 6.17. The summed E-state index contributed by atoms with van der Waals surface area (Å²) in [4.78, 5) is 17.9. The third kappa shape index (κ3) is 5.22. The highest BCUT2D eigenvalue weighted by Gasteiger charge is 2.37. The van der Waals surface area contributed by atoms with Gasteiger partial charge in [-0.1, -0.05) is 30.3 Å². The van der Waals surface area contributed by atoms with Gasteiger partial charge in [0.1, 0.15) is 34.3 Å². The van der Waals surface area contributed by atoms with E-state index in [2.05, 4.69) is 6.07 Å². The number of nitriles is 2. The van der Waals surface area contributed by atoms with Crippen molar-refractivity contribution >= 4 is 17.7 Å². The van der Waals surface area contributed by atoms with Gasteiger partial charge in [-0.15, -0.1) is 0 Å². The molecular weight excluding hydrogens is 479 g/mol. The Morgan fingerprint density at radius 1 is 1.22 bits per heavy atom. The highest BCUT2D eigenvalue weighted by Crippen LogP contribution is 2.41. The second kappa shape index (κ2) is 11.3. The predicted octanol–water partition coefficient (Wildman–Crippen LogP) is 4.78. The average Bonchev–Trinajstić information content (AvgIpc) is 3.11. The van der Waals surface area contributed by atoms with Crippen molar-refractivity contribution in [1.29, 1.82) is 10.5 Å². The van der Waals surface area contributed by atoms with Crippen LogP contribution in [0, 0.1) is 28.5 Å². The van der Waals surface area contributed by atoms with Crippen LogP contribution in [0.3, 0.4) is 0 Å². The number of hydrogen-bond acceptors (Lipinski definition) is 8. The molecule has 0 spiro atoms. The summed E-state index contributed by atoms with van der Waals surface area (Å²) >= 11 is 1.26. The molecule has 0 amide bonds. The van der Waals surface area contributed by atoms with Crippen molar-refractivity contribution in [3.8, 4) is 12.1 Å². The Morgan fingerprint density at radius 2 is 1.97 bits per heavy atom. The maximum Gasteiger partial charge on any atom is 0.338 e. The zero-order valence-electron chi connectivity index (χ0n) is 19.8. The number of esters is 1. The summed E-state index contributed by atoms with van der Waals surface area (Å²) in [7, 11) is 0. The van der Waals surface area contributed by atoms with E-state index in [-0.39, 0.29) is 35.1 Å². The van der Waals surface area contributed by atoms with Crippen molar-refractivity contribution in [1.82, 2.24) is 4.98 Å². The number of thioether (sulfide) groups is 1. The first-order valence-electron chi connectivity index (χ1n) is 11.8. The molecule has 0 saturated carbocycles. The van der Waals surface area contributed by atoms with Crippen molar-refractivity contribution in [2.24, 2.45) is 5.73 Å². The van der Waals surface area contributed by atoms with Gasteiger partial charge in [0.25, 0.3) is 0 Å². The SMILES string of the molecule is CCOC(=O)C1=C(CSc2nc3c(cc2C#N)CCCCC3)OC(N)=C(C#N)[C@@H]1c1ccc(F)cc1. The number of allylic oxidation sites excluding steroid dienone is 1. The quantitative estimate of drug-likeness (QED) is 0.339. The molecule has 184 valence electrons. The molecule has 0 fully saturated rings. The van der Waals surface area contributed by atoms with E-state index >= 15 is 0 Å². The summed E-state index contributed by atoms with van der Waals surface area (Å²) in [6.45, 7) is 1.79. The van der Waals surface area contributed by atoms with E-state index in [1.807, 2.05) is 12.1 Å². The fourth-order valence-corrected chi connectivity index (χ4v) is 5.38. The highest BCUT2D eigenvalue weighted by molar-refractivity contribution is 7.99. The number of nitrogens with two attached hydrogens (primary N) is 1. The van der Waals surface area contributed by atoms with Gasteiger partial charge in [0.2, 0.25) is 5.88 Å². The molecule has 36 heavy (non-hydrogen) atoms. The first kappa shape index (κ1) is 25.3. The van der Waals surface area contributed by atoms with Gasteiger partial charge in [-0.2, -0.15) is 10.5 Å². The number of benzene rings is 1. The molecule has 1 aliphatic carbocycles. The smallest absolute Gasteiger partial charge is 0.338 e. The molecule has 7 nitrogen and oxygen atoms in total. The summed E-state index contributed by atoms with van der Waals surface area (Å²) in [5.74, 6) is -1.77. The molecule has 0 saturated heterocycles. The summed E-state index contributed by atoms with van der Waals surface area (Å²) in [6, 6.07) is 11.7. The van der Waals surface area contributed by atoms with Crippen molar-refractivity contribution in [3.63, 3.8) is 0 Å². The Morgan fingerprint density at radius 3 is 2.67 bits per heavy atom. The minimum Gasteiger partial charge on any atom is -0.463 e. The molecule has 1 aliphatic heterocycles. The maximum atomic E-state index is 13.6. The number of halogens is 1. The Balaban J connectivity index is 1.75. The molecule has 0 bridgehead atoms. The molecule has 1 atom stereocenters. The second-order valence-electron chi connectivity index (χ2n) is 8.44. The molecule has 0 radical (unpaired) electrons. The molecule has 1 aromatic carbocycles. The minimum atomic E-state index is -0.880. The molecule has 1 aromatic heterocycles. The van der Waals surface area contributed by atoms with E-state index in [0.29, 0.717) is 16.2 Å². The third-order valence-corrected chi connectivity index (χ3v) is 7.16. The number of aromatic nitrogens is 1. The lowest BCUT2D eigenvalue weighted by atomic mass is 9.83. The van der Waals surface area contributed by atoms with E-state index < -0.39 is 17.7 Å². The standard InChI is InChI=1S/C27H25FN4O3S/c1-2-34-27(33)24-22(35-25(31)20(14-30)23(24)16-8-10-19(28)11-9-16)15-36-26-18(13-29)12-17-6-4-3-5-7-21(17)32-26/h8-12,23H,2-7,15,31H2,1H3/t23-/m0/s1. The number of nitrogens with zero attached hydrogens (tertiary/aromatic N) is 3. The van der Waals surface area contributed by atoms with E-state index in [1.54, 1.807) is 6.92 Å². The van der Waals surface area contributed by atoms with E-state index in [4.69, 9.17) is 20.2 Å². The van der Waals surface area contributed by atoms with Gasteiger partial charge in [0.15, 0.2) is 0 Å². The number of ether oxygens (including phenoxy) is 2. The van der Waals surface area contributed by atoms with Crippen LogP contribution in [0.2, 0.25) is 0 Å². The van der Waals surface area contributed by atoms with Gasteiger partial charge >= 0.3 is 5.97 Å². The van der Waals surface area contributed by atoms with Crippen LogP contribution in [-0.2, 0) is 27.1 Å². The zero-order valence-corrected chi connectivity index (χ0v) is 20.7. The lowest BCUT2D eigenvalue weighted by Crippen LogP contribution is -2.27. The number of hydrogen-bond donors (Lipinski definition) is 1. The average molecular weight is 505 g/mol. The van der Waals surface area contributed by atoms with E-state index in [9.17, 15) is 19.7 Å². The molecular formula is C27H25FN4O3S. The maximum absolute atomic E-state index is 13.6. The first-order valence-corrected chi connectivity index (χ1v) is 12.7. The van der Waals surface area contributed by atoms with Crippen LogP contribution in [0.25, 0.3) is 0 Å². The van der Waals surface area contributed by atoms with Gasteiger partial charge < -0.3 is 15.2 Å². The number of aryl methyl sites for hydroxylation is 2. The van der Waals surface area contributed by atoms with Gasteiger partial charge in [-0.25, -0.2) is 14.2 Å². The summed E-state index contributed by atoms with van der Waals surface area (Å²) in [5, 5.41) is 20.1. The fraction of sp³-hybridized carbons (Fsp3) is 0.333. The summed E-state index contributed by atoms with van der Waals surface area (Å²) in [5.41, 5.74) is 9.34. The van der Waals surface area contributed by atoms with Gasteiger partial charge in [-0.05, 0) is 61.9 Å². The number of pyridine rings is 1. The summed E-state index contributed by atoms with van der Waals surface area (Å²) < 4.78 is 24.7. The predicted molar refractivity (Wildman–Crippen MR) is 132 cm³/mol. The normalized spacial score (nSPS) is 17.4. The lowest BCUT2D eigenvalue weighted by molar-refractivity contribution is -0.139. The minimum absolute atomic E-state index is 0.0410. The number of carbonyl (C=O) groups excluding carboxylic acids is 1. The molecule has 4 rings (SSSR count). The molecule has 2 aromatic rings. The number of carbonyl (C=O) groups is 1. The van der Waals surface area contributed by atoms with Crippen LogP contribution in [-0.4, -0.2) is 23.3 Å². The Hall–Kier alpha value is -3.82. The first-order chi connectivity index (χ1) is 17.5. The lowest BCUT2D eigenvalue weighted by Gasteiger charge is -2.28. The Kier molecular flexibility index (Phi) is 7.92. The number of rotatable bonds is 6. The van der Waals surface area contributed by atoms with Crippen LogP contribution in [0.15, 0.2) is 58.1 Å². The van der Waals surface area contributed by atoms with Crippen LogP contribution >= 0.6 is 11.8 Å². The van der Waals surface area contributed by atoms with Gasteiger partial charge in [0, 0.05) is 5.69 Å². The van der Waals surface area contributed by atoms with Crippen molar-refractivity contribution in [3.05, 3.63) is 81.3 Å². The van der Waals surface area contributed by atoms with Crippen molar-refractivity contribution < 1.29 is 18.7 Å². The van der Waals surface area contributed by atoms with Crippen LogP contribution < -0.4 is 5.73 Å². The van der Waals surface area contributed by atoms with Crippen LogP contribution in [0.1, 0.15) is 54.5 Å². The Labute approximate surface area is 213 Å². The second-order valence-corrected chi connectivity index (χ2v) is 9.41. The van der Waals surface area contributed by atoms with Crippen LogP contribution in [0.4, 0.5) is 4.39 Å². The molecule has 2 aliphatic rings. The van der Waals surface area contributed by atoms with Crippen molar-refractivity contribution in [2.75, 3.05) is 12.4 Å². The zero-order chi connectivity index (χ0) is 25.7. The largest absolute Gasteiger partial charge is 0.463 e. The van der Waals surface area contributed by atoms with Gasteiger partial charge in [-0.3, -0.25) is 0 Å². The number of fused-ring (bicyclic) bond motifs is 1. The van der Waals surface area contributed by atoms with Gasteiger partial charge in [0.05, 0.1) is 29.4 Å².